The van der Waals surface area contributed by atoms with Crippen LogP contribution in [-0.2, 0) is 14.3 Å². The van der Waals surface area contributed by atoms with Crippen LogP contribution in [0.3, 0.4) is 0 Å². The SMILES string of the molecule is CC/C=C/C/C=C/C/C=C/C/C=C/C/C=C/CCC(=O)OC(CCCCC/C=C/C=C/CCCCCCCCC)CC(=O)NC(CO)C(O)CCCCCCCCCCCCCCC. The smallest absolute Gasteiger partial charge is 0.306 e. The fraction of sp³-hybridized carbons (Fsp3) is 0.724. The van der Waals surface area contributed by atoms with Crippen LogP contribution >= 0.6 is 0 Å². The number of hydrogen-bond donors (Lipinski definition) is 3. The highest BCUT2D eigenvalue weighted by Crippen LogP contribution is 2.17. The minimum atomic E-state index is -0.811. The van der Waals surface area contributed by atoms with Gasteiger partial charge in [-0.15, -0.1) is 0 Å². The second-order valence-corrected chi connectivity index (χ2v) is 17.9. The normalized spacial score (nSPS) is 13.9. The van der Waals surface area contributed by atoms with Crippen LogP contribution in [0, 0.1) is 0 Å². The van der Waals surface area contributed by atoms with Gasteiger partial charge in [-0.2, -0.15) is 0 Å². The maximum Gasteiger partial charge on any atom is 0.306 e. The molecule has 0 aliphatic heterocycles. The maximum absolute atomic E-state index is 13.2. The van der Waals surface area contributed by atoms with Crippen LogP contribution in [0.15, 0.2) is 85.1 Å². The van der Waals surface area contributed by atoms with Crippen molar-refractivity contribution in [2.75, 3.05) is 6.61 Å². The summed E-state index contributed by atoms with van der Waals surface area (Å²) in [7, 11) is 0. The summed E-state index contributed by atoms with van der Waals surface area (Å²) in [6, 6.07) is -0.729. The van der Waals surface area contributed by atoms with E-state index in [4.69, 9.17) is 4.74 Å². The molecule has 6 heteroatoms. The van der Waals surface area contributed by atoms with Gasteiger partial charge in [-0.05, 0) is 83.5 Å². The van der Waals surface area contributed by atoms with Gasteiger partial charge in [0.15, 0.2) is 0 Å². The first-order valence-corrected chi connectivity index (χ1v) is 26.8. The molecule has 3 atom stereocenters. The molecule has 0 aromatic heterocycles. The Morgan fingerprint density at radius 1 is 0.484 bits per heavy atom. The van der Waals surface area contributed by atoms with Crippen LogP contribution in [-0.4, -0.2) is 46.9 Å². The molecular weight excluding hydrogens is 791 g/mol. The fourth-order valence-corrected chi connectivity index (χ4v) is 7.71. The van der Waals surface area contributed by atoms with Crippen molar-refractivity contribution in [1.29, 1.82) is 0 Å². The summed E-state index contributed by atoms with van der Waals surface area (Å²) in [5, 5.41) is 23.8. The molecule has 0 fully saturated rings. The van der Waals surface area contributed by atoms with Crippen LogP contribution in [0.2, 0.25) is 0 Å². The Morgan fingerprint density at radius 3 is 1.36 bits per heavy atom. The predicted octanol–water partition coefficient (Wildman–Crippen LogP) is 16.3. The molecule has 0 aliphatic carbocycles. The second kappa shape index (κ2) is 51.0. The van der Waals surface area contributed by atoms with Crippen LogP contribution < -0.4 is 5.32 Å². The molecule has 3 N–H and O–H groups in total. The Labute approximate surface area is 395 Å². The quantitative estimate of drug-likeness (QED) is 0.0245. The van der Waals surface area contributed by atoms with Gasteiger partial charge in [-0.3, -0.25) is 9.59 Å². The van der Waals surface area contributed by atoms with Gasteiger partial charge in [0.05, 0.1) is 25.2 Å². The van der Waals surface area contributed by atoms with Crippen molar-refractivity contribution in [2.24, 2.45) is 0 Å². The highest BCUT2D eigenvalue weighted by atomic mass is 16.5. The molecule has 6 nitrogen and oxygen atoms in total. The minimum absolute atomic E-state index is 0.0266. The number of amides is 1. The average Bonchev–Trinajstić information content (AvgIpc) is 3.29. The zero-order valence-electron chi connectivity index (χ0n) is 41.9. The molecule has 3 unspecified atom stereocenters. The summed E-state index contributed by atoms with van der Waals surface area (Å²) in [4.78, 5) is 26.2. The highest BCUT2D eigenvalue weighted by Gasteiger charge is 2.24. The van der Waals surface area contributed by atoms with Gasteiger partial charge in [-0.25, -0.2) is 0 Å². The molecule has 0 aromatic carbocycles. The number of esters is 1. The lowest BCUT2D eigenvalue weighted by molar-refractivity contribution is -0.150. The number of unbranched alkanes of at least 4 members (excludes halogenated alkanes) is 22. The largest absolute Gasteiger partial charge is 0.462 e. The molecule has 0 radical (unpaired) electrons. The molecule has 1 amide bonds. The lowest BCUT2D eigenvalue weighted by Crippen LogP contribution is -2.46. The minimum Gasteiger partial charge on any atom is -0.462 e. The molecule has 368 valence electrons. The van der Waals surface area contributed by atoms with Crippen LogP contribution in [0.4, 0.5) is 0 Å². The summed E-state index contributed by atoms with van der Waals surface area (Å²) < 4.78 is 5.89. The van der Waals surface area contributed by atoms with Gasteiger partial charge < -0.3 is 20.3 Å². The van der Waals surface area contributed by atoms with Crippen molar-refractivity contribution in [2.45, 2.75) is 264 Å². The molecule has 0 heterocycles. The zero-order valence-corrected chi connectivity index (χ0v) is 41.9. The molecule has 0 aliphatic rings. The van der Waals surface area contributed by atoms with E-state index in [2.05, 4.69) is 105 Å². The number of hydrogen-bond acceptors (Lipinski definition) is 5. The number of allylic oxidation sites excluding steroid dienone is 14. The average molecular weight is 892 g/mol. The Hall–Kier alpha value is -2.96. The summed E-state index contributed by atoms with van der Waals surface area (Å²) in [5.41, 5.74) is 0. The number of carbonyl (C=O) groups excluding carboxylic acids is 2. The van der Waals surface area contributed by atoms with E-state index in [9.17, 15) is 19.8 Å². The number of aliphatic hydroxyl groups excluding tert-OH is 2. The predicted molar refractivity (Wildman–Crippen MR) is 278 cm³/mol. The topological polar surface area (TPSA) is 95.9 Å². The molecule has 0 saturated heterocycles. The first-order chi connectivity index (χ1) is 31.5. The van der Waals surface area contributed by atoms with E-state index in [0.29, 0.717) is 19.3 Å². The Bertz CT molecular complexity index is 1230. The highest BCUT2D eigenvalue weighted by molar-refractivity contribution is 5.77. The summed E-state index contributed by atoms with van der Waals surface area (Å²) >= 11 is 0. The molecule has 64 heavy (non-hydrogen) atoms. The number of aliphatic hydroxyl groups is 2. The Morgan fingerprint density at radius 2 is 0.891 bits per heavy atom. The number of nitrogens with one attached hydrogen (secondary N) is 1. The van der Waals surface area contributed by atoms with E-state index < -0.39 is 18.2 Å². The van der Waals surface area contributed by atoms with Gasteiger partial charge in [0.2, 0.25) is 5.91 Å². The van der Waals surface area contributed by atoms with Gasteiger partial charge in [0.1, 0.15) is 6.10 Å². The van der Waals surface area contributed by atoms with Crippen LogP contribution in [0.1, 0.15) is 245 Å². The summed E-state index contributed by atoms with van der Waals surface area (Å²) in [6.45, 7) is 6.34. The standard InChI is InChI=1S/C58H101NO5/c1-4-7-10-13-16-19-22-25-27-29-32-34-37-40-43-46-49-54(64-58(63)51-48-45-42-39-36-33-30-28-26-23-20-17-14-11-8-5-2)52-57(62)59-55(53-60)56(61)50-47-44-41-38-35-31-24-21-18-15-12-9-6-3/h8,11,17,20,26-29,32-34,36,42,45,54-56,60-61H,4-7,9-10,12-16,18-19,21-25,30-31,35,37-41,43-44,46-53H2,1-3H3,(H,59,62)/b11-8+,20-17+,28-26+,29-27+,34-32+,36-33+,45-42+. The monoisotopic (exact) mass is 892 g/mol. The Balaban J connectivity index is 4.75. The first kappa shape index (κ1) is 61.0. The first-order valence-electron chi connectivity index (χ1n) is 26.8. The van der Waals surface area contributed by atoms with E-state index in [0.717, 1.165) is 83.5 Å². The van der Waals surface area contributed by atoms with Crippen LogP contribution in [0.25, 0.3) is 0 Å². The lowest BCUT2D eigenvalue weighted by Gasteiger charge is -2.24. The zero-order chi connectivity index (χ0) is 46.7. The molecule has 0 rings (SSSR count). The number of carbonyl (C=O) groups is 2. The van der Waals surface area contributed by atoms with E-state index >= 15 is 0 Å². The van der Waals surface area contributed by atoms with E-state index in [1.54, 1.807) is 0 Å². The molecule has 0 spiro atoms. The van der Waals surface area contributed by atoms with E-state index in [1.165, 1.54) is 109 Å². The molecular formula is C58H101NO5. The number of ether oxygens (including phenoxy) is 1. The summed E-state index contributed by atoms with van der Waals surface area (Å²) in [5.74, 6) is -0.601. The van der Waals surface area contributed by atoms with Crippen molar-refractivity contribution in [3.63, 3.8) is 0 Å². The van der Waals surface area contributed by atoms with E-state index in [1.807, 2.05) is 6.08 Å². The Kier molecular flexibility index (Phi) is 48.7. The van der Waals surface area contributed by atoms with Gasteiger partial charge in [0, 0.05) is 6.42 Å². The van der Waals surface area contributed by atoms with Gasteiger partial charge in [-0.1, -0.05) is 234 Å². The van der Waals surface area contributed by atoms with Crippen LogP contribution in [0.5, 0.6) is 0 Å². The molecule has 0 bridgehead atoms. The van der Waals surface area contributed by atoms with Crippen molar-refractivity contribution < 1.29 is 24.5 Å². The van der Waals surface area contributed by atoms with Crippen molar-refractivity contribution in [3.05, 3.63) is 85.1 Å². The molecule has 0 saturated carbocycles. The number of rotatable bonds is 47. The fourth-order valence-electron chi connectivity index (χ4n) is 7.71. The van der Waals surface area contributed by atoms with Crippen molar-refractivity contribution in [3.8, 4) is 0 Å². The van der Waals surface area contributed by atoms with Crippen molar-refractivity contribution in [1.82, 2.24) is 5.32 Å². The second-order valence-electron chi connectivity index (χ2n) is 17.9. The lowest BCUT2D eigenvalue weighted by atomic mass is 10.0. The van der Waals surface area contributed by atoms with Gasteiger partial charge >= 0.3 is 5.97 Å². The van der Waals surface area contributed by atoms with Crippen molar-refractivity contribution >= 4 is 11.9 Å². The molecule has 0 aromatic rings. The third-order valence-corrected chi connectivity index (χ3v) is 11.7. The van der Waals surface area contributed by atoms with Gasteiger partial charge in [0.25, 0.3) is 0 Å². The third-order valence-electron chi connectivity index (χ3n) is 11.7. The van der Waals surface area contributed by atoms with E-state index in [-0.39, 0.29) is 31.3 Å². The summed E-state index contributed by atoms with van der Waals surface area (Å²) in [6.07, 6.45) is 66.5. The third kappa shape index (κ3) is 45.6. The maximum atomic E-state index is 13.2.